The summed E-state index contributed by atoms with van der Waals surface area (Å²) >= 11 is 4.95. The third-order valence-electron chi connectivity index (χ3n) is 4.17. The number of thiocarbonyl (C=S) groups is 1. The third-order valence-corrected chi connectivity index (χ3v) is 4.30. The molecule has 98 valence electrons. The van der Waals surface area contributed by atoms with Crippen molar-refractivity contribution in [1.82, 2.24) is 9.80 Å². The lowest BCUT2D eigenvalue weighted by Crippen LogP contribution is -2.48. The van der Waals surface area contributed by atoms with Gasteiger partial charge in [-0.15, -0.1) is 0 Å². The molecule has 3 nitrogen and oxygen atoms in total. The summed E-state index contributed by atoms with van der Waals surface area (Å²) in [5.41, 5.74) is 5.58. The van der Waals surface area contributed by atoms with E-state index in [1.165, 1.54) is 51.7 Å². The van der Waals surface area contributed by atoms with E-state index in [0.717, 1.165) is 25.6 Å². The van der Waals surface area contributed by atoms with Crippen molar-refractivity contribution in [1.29, 1.82) is 0 Å². The third kappa shape index (κ3) is 4.53. The van der Waals surface area contributed by atoms with Gasteiger partial charge in [-0.2, -0.15) is 0 Å². The molecule has 1 aliphatic carbocycles. The monoisotopic (exact) mass is 255 g/mol. The molecular weight excluding hydrogens is 230 g/mol. The van der Waals surface area contributed by atoms with Crippen LogP contribution in [0.15, 0.2) is 0 Å². The van der Waals surface area contributed by atoms with E-state index in [2.05, 4.69) is 9.80 Å². The molecule has 2 rings (SSSR count). The van der Waals surface area contributed by atoms with E-state index in [4.69, 9.17) is 18.0 Å². The Hall–Kier alpha value is -0.190. The van der Waals surface area contributed by atoms with Gasteiger partial charge in [0.25, 0.3) is 0 Å². The molecule has 2 fully saturated rings. The zero-order valence-corrected chi connectivity index (χ0v) is 11.6. The van der Waals surface area contributed by atoms with Crippen LogP contribution >= 0.6 is 12.2 Å². The summed E-state index contributed by atoms with van der Waals surface area (Å²) in [5, 5.41) is 0. The summed E-state index contributed by atoms with van der Waals surface area (Å²) < 4.78 is 0. The Labute approximate surface area is 110 Å². The molecule has 0 atom stereocenters. The fraction of sp³-hybridized carbons (Fsp3) is 0.923. The van der Waals surface area contributed by atoms with Gasteiger partial charge in [0, 0.05) is 32.7 Å². The van der Waals surface area contributed by atoms with Crippen LogP contribution < -0.4 is 5.73 Å². The number of hydrogen-bond donors (Lipinski definition) is 1. The first-order chi connectivity index (χ1) is 8.24. The van der Waals surface area contributed by atoms with Gasteiger partial charge in [-0.1, -0.05) is 37.9 Å². The van der Waals surface area contributed by atoms with Gasteiger partial charge >= 0.3 is 0 Å². The molecule has 2 N–H and O–H groups in total. The Kier molecular flexibility index (Phi) is 5.19. The van der Waals surface area contributed by atoms with Crippen molar-refractivity contribution in [2.24, 2.45) is 11.7 Å². The van der Waals surface area contributed by atoms with Gasteiger partial charge in [-0.25, -0.2) is 0 Å². The molecule has 1 saturated heterocycles. The van der Waals surface area contributed by atoms with E-state index in [1.807, 2.05) is 0 Å². The average Bonchev–Trinajstić information content (AvgIpc) is 2.80. The summed E-state index contributed by atoms with van der Waals surface area (Å²) in [6.07, 6.45) is 7.29. The first-order valence-electron chi connectivity index (χ1n) is 6.97. The van der Waals surface area contributed by atoms with Crippen LogP contribution in [0, 0.1) is 5.92 Å². The molecule has 0 aromatic carbocycles. The predicted octanol–water partition coefficient (Wildman–Crippen LogP) is 1.47. The fourth-order valence-electron chi connectivity index (χ4n) is 3.06. The van der Waals surface area contributed by atoms with Crippen LogP contribution in [-0.4, -0.2) is 54.1 Å². The molecular formula is C13H25N3S. The number of nitrogens with zero attached hydrogens (tertiary/aromatic N) is 2. The molecule has 0 aromatic heterocycles. The second-order valence-electron chi connectivity index (χ2n) is 5.52. The highest BCUT2D eigenvalue weighted by atomic mass is 32.1. The molecule has 0 bridgehead atoms. The first kappa shape index (κ1) is 13.2. The molecule has 1 aliphatic heterocycles. The van der Waals surface area contributed by atoms with Crippen molar-refractivity contribution in [3.8, 4) is 0 Å². The molecule has 0 radical (unpaired) electrons. The molecule has 1 saturated carbocycles. The van der Waals surface area contributed by atoms with Gasteiger partial charge in [0.1, 0.15) is 0 Å². The largest absolute Gasteiger partial charge is 0.392 e. The van der Waals surface area contributed by atoms with Crippen molar-refractivity contribution >= 4 is 17.2 Å². The minimum Gasteiger partial charge on any atom is -0.392 e. The SMILES string of the molecule is NC(=S)CN1CCN(CCC2CCCC2)CC1. The fourth-order valence-corrected chi connectivity index (χ4v) is 3.24. The zero-order valence-electron chi connectivity index (χ0n) is 10.7. The summed E-state index contributed by atoms with van der Waals surface area (Å²) in [6, 6.07) is 0. The van der Waals surface area contributed by atoms with E-state index < -0.39 is 0 Å². The van der Waals surface area contributed by atoms with Crippen molar-refractivity contribution in [3.63, 3.8) is 0 Å². The highest BCUT2D eigenvalue weighted by Crippen LogP contribution is 2.27. The maximum atomic E-state index is 5.58. The second kappa shape index (κ2) is 6.66. The maximum absolute atomic E-state index is 5.58. The minimum atomic E-state index is 0.629. The van der Waals surface area contributed by atoms with Crippen molar-refractivity contribution in [3.05, 3.63) is 0 Å². The van der Waals surface area contributed by atoms with Crippen molar-refractivity contribution in [2.45, 2.75) is 32.1 Å². The van der Waals surface area contributed by atoms with Crippen LogP contribution in [0.5, 0.6) is 0 Å². The second-order valence-corrected chi connectivity index (χ2v) is 6.05. The van der Waals surface area contributed by atoms with Crippen molar-refractivity contribution in [2.75, 3.05) is 39.3 Å². The molecule has 0 aromatic rings. The Morgan fingerprint density at radius 3 is 2.24 bits per heavy atom. The quantitative estimate of drug-likeness (QED) is 0.754. The molecule has 4 heteroatoms. The normalized spacial score (nSPS) is 24.2. The molecule has 17 heavy (non-hydrogen) atoms. The lowest BCUT2D eigenvalue weighted by Gasteiger charge is -2.34. The lowest BCUT2D eigenvalue weighted by molar-refractivity contribution is 0.139. The Morgan fingerprint density at radius 2 is 1.65 bits per heavy atom. The molecule has 1 heterocycles. The van der Waals surface area contributed by atoms with Gasteiger partial charge < -0.3 is 10.6 Å². The van der Waals surface area contributed by atoms with E-state index in [-0.39, 0.29) is 0 Å². The molecule has 0 amide bonds. The van der Waals surface area contributed by atoms with Crippen LogP contribution in [0.1, 0.15) is 32.1 Å². The molecule has 0 spiro atoms. The number of hydrogen-bond acceptors (Lipinski definition) is 3. The standard InChI is InChI=1S/C13H25N3S/c14-13(17)11-16-9-7-15(8-10-16)6-5-12-3-1-2-4-12/h12H,1-11H2,(H2,14,17). The highest BCUT2D eigenvalue weighted by Gasteiger charge is 2.19. The smallest absolute Gasteiger partial charge is 0.0870 e. The van der Waals surface area contributed by atoms with E-state index in [0.29, 0.717) is 4.99 Å². The van der Waals surface area contributed by atoms with E-state index >= 15 is 0 Å². The van der Waals surface area contributed by atoms with Crippen LogP contribution in [-0.2, 0) is 0 Å². The summed E-state index contributed by atoms with van der Waals surface area (Å²) in [4.78, 5) is 5.60. The lowest BCUT2D eigenvalue weighted by atomic mass is 10.0. The number of rotatable bonds is 5. The van der Waals surface area contributed by atoms with Gasteiger partial charge in [0.05, 0.1) is 4.99 Å². The zero-order chi connectivity index (χ0) is 12.1. The van der Waals surface area contributed by atoms with E-state index in [1.54, 1.807) is 0 Å². The Balaban J connectivity index is 1.60. The minimum absolute atomic E-state index is 0.629. The summed E-state index contributed by atoms with van der Waals surface area (Å²) in [7, 11) is 0. The number of piperazine rings is 1. The summed E-state index contributed by atoms with van der Waals surface area (Å²) in [5.74, 6) is 1.02. The number of nitrogens with two attached hydrogens (primary N) is 1. The van der Waals surface area contributed by atoms with Crippen molar-refractivity contribution < 1.29 is 0 Å². The summed E-state index contributed by atoms with van der Waals surface area (Å²) in [6.45, 7) is 6.73. The predicted molar refractivity (Wildman–Crippen MR) is 76.2 cm³/mol. The Morgan fingerprint density at radius 1 is 1.06 bits per heavy atom. The van der Waals surface area contributed by atoms with Gasteiger partial charge in [0.15, 0.2) is 0 Å². The van der Waals surface area contributed by atoms with Crippen LogP contribution in [0.25, 0.3) is 0 Å². The average molecular weight is 255 g/mol. The van der Waals surface area contributed by atoms with Gasteiger partial charge in [0.2, 0.25) is 0 Å². The molecule has 0 unspecified atom stereocenters. The van der Waals surface area contributed by atoms with Gasteiger partial charge in [-0.05, 0) is 18.9 Å². The maximum Gasteiger partial charge on any atom is 0.0870 e. The van der Waals surface area contributed by atoms with Gasteiger partial charge in [-0.3, -0.25) is 4.90 Å². The van der Waals surface area contributed by atoms with E-state index in [9.17, 15) is 0 Å². The Bertz CT molecular complexity index is 243. The van der Waals surface area contributed by atoms with Crippen LogP contribution in [0.3, 0.4) is 0 Å². The first-order valence-corrected chi connectivity index (χ1v) is 7.38. The highest BCUT2D eigenvalue weighted by molar-refractivity contribution is 7.80. The van der Waals surface area contributed by atoms with Crippen LogP contribution in [0.2, 0.25) is 0 Å². The topological polar surface area (TPSA) is 32.5 Å². The van der Waals surface area contributed by atoms with Crippen LogP contribution in [0.4, 0.5) is 0 Å². The molecule has 2 aliphatic rings.